The molecule has 0 aliphatic heterocycles. The lowest BCUT2D eigenvalue weighted by molar-refractivity contribution is 0.415. The van der Waals surface area contributed by atoms with E-state index in [0.717, 1.165) is 30.5 Å². The molecule has 21 heavy (non-hydrogen) atoms. The van der Waals surface area contributed by atoms with E-state index >= 15 is 0 Å². The molecule has 3 aromatic rings. The first-order valence-corrected chi connectivity index (χ1v) is 7.38. The highest BCUT2D eigenvalue weighted by atomic mass is 16.5. The average Bonchev–Trinajstić information content (AvgIpc) is 2.83. The molecule has 2 nitrogen and oxygen atoms in total. The number of methoxy groups -OCH3 is 1. The topological polar surface area (TPSA) is 14.2 Å². The fourth-order valence-electron chi connectivity index (χ4n) is 2.79. The number of hydrogen-bond acceptors (Lipinski definition) is 1. The Morgan fingerprint density at radius 3 is 2.67 bits per heavy atom. The van der Waals surface area contributed by atoms with E-state index in [2.05, 4.69) is 60.0 Å². The molecule has 0 aliphatic carbocycles. The number of hydrogen-bond donors (Lipinski definition) is 0. The average molecular weight is 278 g/mol. The van der Waals surface area contributed by atoms with Crippen molar-refractivity contribution >= 4 is 10.9 Å². The summed E-state index contributed by atoms with van der Waals surface area (Å²) in [6, 6.07) is 20.3. The molecule has 2 aromatic carbocycles. The SMILES string of the molecule is COc1ccc2c([c]c(C)n2CCCc2ccccc2)c1. The molecule has 0 aliphatic rings. The molecule has 0 saturated carbocycles. The number of benzene rings is 2. The standard InChI is InChI=1S/C19H20NO/c1-15-13-17-14-18(21-2)10-11-19(17)20(15)12-6-9-16-7-4-3-5-8-16/h3-5,7-8,10-11,14H,6,9,12H2,1-2H3. The van der Waals surface area contributed by atoms with Crippen LogP contribution in [0.3, 0.4) is 0 Å². The molecule has 0 atom stereocenters. The van der Waals surface area contributed by atoms with E-state index in [4.69, 9.17) is 4.74 Å². The van der Waals surface area contributed by atoms with Gasteiger partial charge in [0, 0.05) is 29.2 Å². The first-order chi connectivity index (χ1) is 10.3. The predicted octanol–water partition coefficient (Wildman–Crippen LogP) is 4.39. The summed E-state index contributed by atoms with van der Waals surface area (Å²) in [5, 5.41) is 1.13. The zero-order valence-corrected chi connectivity index (χ0v) is 12.6. The van der Waals surface area contributed by atoms with Crippen LogP contribution in [0.2, 0.25) is 0 Å². The van der Waals surface area contributed by atoms with Crippen molar-refractivity contribution in [3.8, 4) is 5.75 Å². The summed E-state index contributed by atoms with van der Waals surface area (Å²) >= 11 is 0. The van der Waals surface area contributed by atoms with Gasteiger partial charge >= 0.3 is 0 Å². The van der Waals surface area contributed by atoms with E-state index in [9.17, 15) is 0 Å². The highest BCUT2D eigenvalue weighted by Gasteiger charge is 2.07. The number of ether oxygens (including phenoxy) is 1. The number of rotatable bonds is 5. The number of fused-ring (bicyclic) bond motifs is 1. The van der Waals surface area contributed by atoms with E-state index in [-0.39, 0.29) is 0 Å². The third-order valence-corrected chi connectivity index (χ3v) is 3.90. The van der Waals surface area contributed by atoms with Crippen molar-refractivity contribution in [1.29, 1.82) is 0 Å². The largest absolute Gasteiger partial charge is 0.497 e. The van der Waals surface area contributed by atoms with Gasteiger partial charge in [-0.1, -0.05) is 30.3 Å². The third-order valence-electron chi connectivity index (χ3n) is 3.90. The summed E-state index contributed by atoms with van der Waals surface area (Å²) in [6.45, 7) is 3.14. The van der Waals surface area contributed by atoms with E-state index in [1.54, 1.807) is 7.11 Å². The van der Waals surface area contributed by atoms with Crippen molar-refractivity contribution < 1.29 is 4.74 Å². The molecule has 0 N–H and O–H groups in total. The molecule has 0 fully saturated rings. The molecule has 0 unspecified atom stereocenters. The maximum Gasteiger partial charge on any atom is 0.119 e. The summed E-state index contributed by atoms with van der Waals surface area (Å²) in [5.41, 5.74) is 3.82. The summed E-state index contributed by atoms with van der Waals surface area (Å²) in [4.78, 5) is 0. The van der Waals surface area contributed by atoms with Gasteiger partial charge in [0.15, 0.2) is 0 Å². The van der Waals surface area contributed by atoms with Crippen molar-refractivity contribution in [2.75, 3.05) is 7.11 Å². The van der Waals surface area contributed by atoms with Crippen molar-refractivity contribution in [1.82, 2.24) is 4.57 Å². The van der Waals surface area contributed by atoms with E-state index < -0.39 is 0 Å². The monoisotopic (exact) mass is 278 g/mol. The Morgan fingerprint density at radius 1 is 1.10 bits per heavy atom. The summed E-state index contributed by atoms with van der Waals surface area (Å²) < 4.78 is 7.63. The van der Waals surface area contributed by atoms with Crippen LogP contribution in [0.15, 0.2) is 48.5 Å². The van der Waals surface area contributed by atoms with Gasteiger partial charge in [0.1, 0.15) is 5.75 Å². The van der Waals surface area contributed by atoms with Gasteiger partial charge in [0.05, 0.1) is 7.11 Å². The fraction of sp³-hybridized carbons (Fsp3) is 0.263. The Balaban J connectivity index is 1.76. The van der Waals surface area contributed by atoms with E-state index in [1.165, 1.54) is 16.8 Å². The molecule has 0 spiro atoms. The highest BCUT2D eigenvalue weighted by Crippen LogP contribution is 2.24. The van der Waals surface area contributed by atoms with Gasteiger partial charge in [0.25, 0.3) is 0 Å². The molecule has 107 valence electrons. The lowest BCUT2D eigenvalue weighted by atomic mass is 10.1. The molecule has 1 aromatic heterocycles. The van der Waals surface area contributed by atoms with Crippen LogP contribution in [0.4, 0.5) is 0 Å². The molecule has 0 saturated heterocycles. The quantitative estimate of drug-likeness (QED) is 0.675. The van der Waals surface area contributed by atoms with Gasteiger partial charge in [-0.05, 0) is 43.5 Å². The van der Waals surface area contributed by atoms with Crippen LogP contribution in [0.25, 0.3) is 10.9 Å². The Bertz CT molecular complexity index is 728. The minimum atomic E-state index is 0.889. The van der Waals surface area contributed by atoms with Gasteiger partial charge in [-0.15, -0.1) is 0 Å². The van der Waals surface area contributed by atoms with Gasteiger partial charge in [-0.25, -0.2) is 0 Å². The zero-order chi connectivity index (χ0) is 14.7. The smallest absolute Gasteiger partial charge is 0.119 e. The molecule has 0 amide bonds. The molecular formula is C19H20NO. The molecule has 0 bridgehead atoms. The van der Waals surface area contributed by atoms with Crippen LogP contribution >= 0.6 is 0 Å². The normalized spacial score (nSPS) is 11.0. The molecule has 1 radical (unpaired) electrons. The Morgan fingerprint density at radius 2 is 1.90 bits per heavy atom. The molecular weight excluding hydrogens is 258 g/mol. The second-order valence-electron chi connectivity index (χ2n) is 5.33. The van der Waals surface area contributed by atoms with Crippen molar-refractivity contribution in [3.05, 3.63) is 65.9 Å². The molecule has 2 heteroatoms. The van der Waals surface area contributed by atoms with Gasteiger partial charge in [0.2, 0.25) is 0 Å². The van der Waals surface area contributed by atoms with Gasteiger partial charge in [-0.3, -0.25) is 0 Å². The van der Waals surface area contributed by atoms with Crippen LogP contribution < -0.4 is 4.74 Å². The fourth-order valence-corrected chi connectivity index (χ4v) is 2.79. The van der Waals surface area contributed by atoms with Crippen LogP contribution in [-0.2, 0) is 13.0 Å². The van der Waals surface area contributed by atoms with Gasteiger partial charge < -0.3 is 9.30 Å². The molecule has 1 heterocycles. The van der Waals surface area contributed by atoms with Crippen LogP contribution in [0.1, 0.15) is 17.7 Å². The number of aromatic nitrogens is 1. The second-order valence-corrected chi connectivity index (χ2v) is 5.33. The third kappa shape index (κ3) is 2.94. The minimum absolute atomic E-state index is 0.889. The minimum Gasteiger partial charge on any atom is -0.497 e. The summed E-state index contributed by atoms with van der Waals surface area (Å²) in [6.07, 6.45) is 2.24. The van der Waals surface area contributed by atoms with Gasteiger partial charge in [-0.2, -0.15) is 0 Å². The Hall–Kier alpha value is -2.22. The maximum atomic E-state index is 5.28. The van der Waals surface area contributed by atoms with Crippen molar-refractivity contribution in [3.63, 3.8) is 0 Å². The highest BCUT2D eigenvalue weighted by molar-refractivity contribution is 5.82. The zero-order valence-electron chi connectivity index (χ0n) is 12.6. The lowest BCUT2D eigenvalue weighted by Crippen LogP contribution is -2.01. The van der Waals surface area contributed by atoms with E-state index in [0.29, 0.717) is 0 Å². The number of aryl methyl sites for hydroxylation is 3. The van der Waals surface area contributed by atoms with Crippen molar-refractivity contribution in [2.24, 2.45) is 0 Å². The lowest BCUT2D eigenvalue weighted by Gasteiger charge is -2.09. The van der Waals surface area contributed by atoms with Crippen molar-refractivity contribution in [2.45, 2.75) is 26.3 Å². The Labute approximate surface area is 126 Å². The first kappa shape index (κ1) is 13.7. The predicted molar refractivity (Wildman–Crippen MR) is 86.8 cm³/mol. The Kier molecular flexibility index (Phi) is 3.96. The number of nitrogens with zero attached hydrogens (tertiary/aromatic N) is 1. The van der Waals surface area contributed by atoms with E-state index in [1.807, 2.05) is 6.07 Å². The summed E-state index contributed by atoms with van der Waals surface area (Å²) in [5.74, 6) is 0.889. The second kappa shape index (κ2) is 6.04. The van der Waals surface area contributed by atoms with Crippen LogP contribution in [-0.4, -0.2) is 11.7 Å². The molecule has 3 rings (SSSR count). The first-order valence-electron chi connectivity index (χ1n) is 7.38. The maximum absolute atomic E-state index is 5.28. The van der Waals surface area contributed by atoms with Crippen LogP contribution in [0, 0.1) is 13.0 Å². The van der Waals surface area contributed by atoms with Crippen LogP contribution in [0.5, 0.6) is 5.75 Å². The summed E-state index contributed by atoms with van der Waals surface area (Å²) in [7, 11) is 1.70.